The summed E-state index contributed by atoms with van der Waals surface area (Å²) in [5.41, 5.74) is 2.25. The molecule has 0 unspecified atom stereocenters. The van der Waals surface area contributed by atoms with Gasteiger partial charge in [-0.1, -0.05) is 6.42 Å². The van der Waals surface area contributed by atoms with Crippen LogP contribution in [0.5, 0.6) is 0 Å². The fourth-order valence-corrected chi connectivity index (χ4v) is 5.60. The average molecular weight is 339 g/mol. The van der Waals surface area contributed by atoms with Gasteiger partial charge in [0.2, 0.25) is 5.91 Å². The number of nitrogens with one attached hydrogen (secondary N) is 1. The Balaban J connectivity index is 1.40. The minimum absolute atomic E-state index is 0.282. The number of hydrogen-bond acceptors (Lipinski definition) is 3. The van der Waals surface area contributed by atoms with Gasteiger partial charge in [0.05, 0.1) is 6.42 Å². The molecule has 0 radical (unpaired) electrons. The van der Waals surface area contributed by atoms with Gasteiger partial charge in [-0.25, -0.2) is 4.98 Å². The molecule has 2 aliphatic heterocycles. The van der Waals surface area contributed by atoms with E-state index in [-0.39, 0.29) is 5.91 Å². The molecule has 2 aromatic rings. The molecule has 25 heavy (non-hydrogen) atoms. The Bertz CT molecular complexity index is 793. The summed E-state index contributed by atoms with van der Waals surface area (Å²) in [5.74, 6) is 0.968. The first-order valence-electron chi connectivity index (χ1n) is 9.55. The van der Waals surface area contributed by atoms with E-state index in [2.05, 4.69) is 14.9 Å². The number of pyridine rings is 1. The lowest BCUT2D eigenvalue weighted by molar-refractivity contribution is -0.132. The van der Waals surface area contributed by atoms with Gasteiger partial charge >= 0.3 is 0 Å². The molecule has 1 N–H and O–H groups in total. The zero-order chi connectivity index (χ0) is 16.9. The number of fused-ring (bicyclic) bond motifs is 3. The van der Waals surface area contributed by atoms with E-state index in [1.807, 2.05) is 18.3 Å². The number of likely N-dealkylation sites (tertiary alicyclic amines) is 1. The molecule has 2 atom stereocenters. The highest BCUT2D eigenvalue weighted by Gasteiger charge is 2.55. The first-order valence-corrected chi connectivity index (χ1v) is 9.55. The maximum atomic E-state index is 13.2. The molecular weight excluding hydrogens is 314 g/mol. The van der Waals surface area contributed by atoms with E-state index in [0.29, 0.717) is 23.8 Å². The molecule has 2 aromatic heterocycles. The van der Waals surface area contributed by atoms with Crippen LogP contribution < -0.4 is 0 Å². The Morgan fingerprint density at radius 1 is 1.36 bits per heavy atom. The Kier molecular flexibility index (Phi) is 3.59. The van der Waals surface area contributed by atoms with Crippen LogP contribution in [-0.4, -0.2) is 46.6 Å². The number of amides is 1. The highest BCUT2D eigenvalue weighted by molar-refractivity contribution is 5.87. The minimum Gasteiger partial charge on any atom is -0.381 e. The number of aromatic nitrogens is 2. The number of hydrogen-bond donors (Lipinski definition) is 1. The number of aromatic amines is 1. The van der Waals surface area contributed by atoms with Crippen molar-refractivity contribution in [3.8, 4) is 0 Å². The number of ether oxygens (including phenoxy) is 1. The highest BCUT2D eigenvalue weighted by Crippen LogP contribution is 2.53. The summed E-state index contributed by atoms with van der Waals surface area (Å²) in [4.78, 5) is 22.9. The van der Waals surface area contributed by atoms with Gasteiger partial charge in [-0.3, -0.25) is 4.79 Å². The molecule has 4 heterocycles. The van der Waals surface area contributed by atoms with Gasteiger partial charge in [0.25, 0.3) is 0 Å². The minimum atomic E-state index is 0.282. The molecule has 1 amide bonds. The van der Waals surface area contributed by atoms with E-state index in [4.69, 9.17) is 4.74 Å². The van der Waals surface area contributed by atoms with Gasteiger partial charge in [0, 0.05) is 43.6 Å². The van der Waals surface area contributed by atoms with Gasteiger partial charge < -0.3 is 14.6 Å². The lowest BCUT2D eigenvalue weighted by Crippen LogP contribution is -2.39. The molecule has 3 fully saturated rings. The van der Waals surface area contributed by atoms with Gasteiger partial charge in [-0.15, -0.1) is 0 Å². The second kappa shape index (κ2) is 5.84. The maximum absolute atomic E-state index is 13.2. The van der Waals surface area contributed by atoms with Gasteiger partial charge in [0.15, 0.2) is 0 Å². The van der Waals surface area contributed by atoms with Crippen molar-refractivity contribution in [1.29, 1.82) is 0 Å². The third kappa shape index (κ3) is 2.40. The van der Waals surface area contributed by atoms with Crippen molar-refractivity contribution in [2.45, 2.75) is 44.6 Å². The second-order valence-corrected chi connectivity index (χ2v) is 7.99. The predicted molar refractivity (Wildman–Crippen MR) is 95.1 cm³/mol. The normalized spacial score (nSPS) is 27.9. The van der Waals surface area contributed by atoms with Crippen molar-refractivity contribution in [2.75, 3.05) is 19.8 Å². The fourth-order valence-electron chi connectivity index (χ4n) is 5.60. The third-order valence-electron chi connectivity index (χ3n) is 6.84. The Hall–Kier alpha value is -1.88. The van der Waals surface area contributed by atoms with E-state index < -0.39 is 0 Å². The van der Waals surface area contributed by atoms with Gasteiger partial charge in [-0.05, 0) is 54.7 Å². The Labute approximate surface area is 147 Å². The van der Waals surface area contributed by atoms with Gasteiger partial charge in [-0.2, -0.15) is 0 Å². The molecule has 0 bridgehead atoms. The van der Waals surface area contributed by atoms with Crippen LogP contribution in [0.1, 0.15) is 37.7 Å². The molecule has 1 aliphatic carbocycles. The zero-order valence-corrected chi connectivity index (χ0v) is 14.5. The van der Waals surface area contributed by atoms with Crippen LogP contribution in [0.15, 0.2) is 24.5 Å². The summed E-state index contributed by atoms with van der Waals surface area (Å²) in [6.45, 7) is 2.66. The standard InChI is InChI=1S/C20H25N3O2/c24-18(11-14-12-22-19-15(14)3-2-8-21-19)23-13-20(6-9-25-10-7-20)16-4-1-5-17(16)23/h2-3,8,12,16-17H,1,4-7,9-11,13H2,(H,21,22)/t16-,17+/m1/s1. The summed E-state index contributed by atoms with van der Waals surface area (Å²) < 4.78 is 5.62. The molecule has 0 aromatic carbocycles. The van der Waals surface area contributed by atoms with E-state index >= 15 is 0 Å². The summed E-state index contributed by atoms with van der Waals surface area (Å²) in [7, 11) is 0. The molecular formula is C20H25N3O2. The van der Waals surface area contributed by atoms with Crippen molar-refractivity contribution >= 4 is 16.9 Å². The largest absolute Gasteiger partial charge is 0.381 e. The quantitative estimate of drug-likeness (QED) is 0.915. The molecule has 3 aliphatic rings. The van der Waals surface area contributed by atoms with Crippen LogP contribution in [0, 0.1) is 11.3 Å². The van der Waals surface area contributed by atoms with E-state index in [1.54, 1.807) is 6.20 Å². The van der Waals surface area contributed by atoms with Crippen LogP contribution in [-0.2, 0) is 16.0 Å². The Morgan fingerprint density at radius 2 is 2.24 bits per heavy atom. The molecule has 5 rings (SSSR count). The lowest BCUT2D eigenvalue weighted by atomic mass is 9.71. The van der Waals surface area contributed by atoms with Crippen molar-refractivity contribution in [1.82, 2.24) is 14.9 Å². The van der Waals surface area contributed by atoms with E-state index in [0.717, 1.165) is 49.2 Å². The highest BCUT2D eigenvalue weighted by atomic mass is 16.5. The number of rotatable bonds is 2. The predicted octanol–water partition coefficient (Wildman–Crippen LogP) is 2.91. The van der Waals surface area contributed by atoms with Crippen molar-refractivity contribution < 1.29 is 9.53 Å². The van der Waals surface area contributed by atoms with Crippen molar-refractivity contribution in [3.05, 3.63) is 30.1 Å². The smallest absolute Gasteiger partial charge is 0.227 e. The summed E-state index contributed by atoms with van der Waals surface area (Å²) in [6, 6.07) is 4.43. The summed E-state index contributed by atoms with van der Waals surface area (Å²) >= 11 is 0. The maximum Gasteiger partial charge on any atom is 0.227 e. The SMILES string of the molecule is O=C(Cc1c[nH]c2ncccc12)N1CC2(CCOCC2)[C@@H]2CCC[C@@H]21. The van der Waals surface area contributed by atoms with Crippen LogP contribution >= 0.6 is 0 Å². The van der Waals surface area contributed by atoms with Crippen molar-refractivity contribution in [2.24, 2.45) is 11.3 Å². The van der Waals surface area contributed by atoms with Crippen LogP contribution in [0.25, 0.3) is 11.0 Å². The number of carbonyl (C=O) groups excluding carboxylic acids is 1. The molecule has 1 saturated carbocycles. The molecule has 132 valence electrons. The van der Waals surface area contributed by atoms with Crippen LogP contribution in [0.3, 0.4) is 0 Å². The summed E-state index contributed by atoms with van der Waals surface area (Å²) in [5, 5.41) is 1.07. The van der Waals surface area contributed by atoms with E-state index in [1.165, 1.54) is 19.3 Å². The van der Waals surface area contributed by atoms with E-state index in [9.17, 15) is 4.79 Å². The molecule has 1 spiro atoms. The topological polar surface area (TPSA) is 58.2 Å². The third-order valence-corrected chi connectivity index (χ3v) is 6.84. The number of H-pyrrole nitrogens is 1. The fraction of sp³-hybridized carbons (Fsp3) is 0.600. The average Bonchev–Trinajstić information content (AvgIpc) is 3.33. The van der Waals surface area contributed by atoms with Crippen LogP contribution in [0.4, 0.5) is 0 Å². The number of nitrogens with zero attached hydrogens (tertiary/aromatic N) is 2. The van der Waals surface area contributed by atoms with Crippen molar-refractivity contribution in [3.63, 3.8) is 0 Å². The first kappa shape index (κ1) is 15.4. The van der Waals surface area contributed by atoms with Crippen LogP contribution in [0.2, 0.25) is 0 Å². The zero-order valence-electron chi connectivity index (χ0n) is 14.5. The molecule has 2 saturated heterocycles. The second-order valence-electron chi connectivity index (χ2n) is 7.99. The molecule has 5 nitrogen and oxygen atoms in total. The Morgan fingerprint density at radius 3 is 3.12 bits per heavy atom. The van der Waals surface area contributed by atoms with Gasteiger partial charge in [0.1, 0.15) is 5.65 Å². The molecule has 5 heteroatoms. The number of carbonyl (C=O) groups is 1. The lowest BCUT2D eigenvalue weighted by Gasteiger charge is -2.37. The monoisotopic (exact) mass is 339 g/mol. The first-order chi connectivity index (χ1) is 12.3. The summed E-state index contributed by atoms with van der Waals surface area (Å²) in [6.07, 6.45) is 10.2.